The topological polar surface area (TPSA) is 97.9 Å². The van der Waals surface area contributed by atoms with Crippen molar-refractivity contribution in [3.8, 4) is 0 Å². The highest BCUT2D eigenvalue weighted by Crippen LogP contribution is 2.34. The fraction of sp³-hybridized carbons (Fsp3) is 0.462. The molecule has 7 heteroatoms. The Bertz CT molecular complexity index is 815. The van der Waals surface area contributed by atoms with Gasteiger partial charge in [0.05, 0.1) is 5.39 Å². The summed E-state index contributed by atoms with van der Waals surface area (Å²) in [5.74, 6) is -0.661. The van der Waals surface area contributed by atoms with Crippen molar-refractivity contribution in [1.29, 1.82) is 0 Å². The van der Waals surface area contributed by atoms with Crippen molar-refractivity contribution in [2.45, 2.75) is 38.6 Å². The second-order valence-corrected chi connectivity index (χ2v) is 6.10. The number of nitrogens with two attached hydrogens (primary N) is 1. The summed E-state index contributed by atoms with van der Waals surface area (Å²) in [4.78, 5) is 40.7. The van der Waals surface area contributed by atoms with E-state index >= 15 is 0 Å². The molecule has 1 unspecified atom stereocenters. The molecule has 1 amide bonds. The number of carbonyl (C=O) groups is 1. The summed E-state index contributed by atoms with van der Waals surface area (Å²) in [6.07, 6.45) is 3.14. The van der Waals surface area contributed by atoms with Gasteiger partial charge in [-0.05, 0) is 31.2 Å². The second-order valence-electron chi connectivity index (χ2n) is 4.99. The molecule has 0 fully saturated rings. The van der Waals surface area contributed by atoms with Crippen LogP contribution in [0.2, 0.25) is 0 Å². The zero-order valence-electron chi connectivity index (χ0n) is 11.1. The van der Waals surface area contributed by atoms with Crippen LogP contribution in [0, 0.1) is 0 Å². The van der Waals surface area contributed by atoms with Crippen LogP contribution < -0.4 is 17.0 Å². The zero-order chi connectivity index (χ0) is 14.4. The van der Waals surface area contributed by atoms with Gasteiger partial charge in [0.1, 0.15) is 10.9 Å². The molecule has 106 valence electrons. The van der Waals surface area contributed by atoms with Gasteiger partial charge < -0.3 is 5.73 Å². The van der Waals surface area contributed by atoms with Gasteiger partial charge >= 0.3 is 5.69 Å². The molecule has 6 nitrogen and oxygen atoms in total. The van der Waals surface area contributed by atoms with Gasteiger partial charge in [-0.1, -0.05) is 6.92 Å². The Kier molecular flexibility index (Phi) is 3.01. The van der Waals surface area contributed by atoms with E-state index in [1.165, 1.54) is 11.3 Å². The number of hydrogen-bond acceptors (Lipinski definition) is 4. The number of fused-ring (bicyclic) bond motifs is 3. The number of hydrogen-bond donors (Lipinski definition) is 2. The van der Waals surface area contributed by atoms with Crippen molar-refractivity contribution >= 4 is 27.5 Å². The lowest BCUT2D eigenvalue weighted by Gasteiger charge is -2.13. The molecule has 0 saturated carbocycles. The maximum atomic E-state index is 12.6. The van der Waals surface area contributed by atoms with Crippen molar-refractivity contribution in [2.75, 3.05) is 0 Å². The fourth-order valence-corrected chi connectivity index (χ4v) is 4.15. The number of amides is 1. The first kappa shape index (κ1) is 13.1. The van der Waals surface area contributed by atoms with Gasteiger partial charge in [-0.3, -0.25) is 14.6 Å². The van der Waals surface area contributed by atoms with Crippen molar-refractivity contribution in [1.82, 2.24) is 9.55 Å². The fourth-order valence-electron chi connectivity index (χ4n) is 2.88. The van der Waals surface area contributed by atoms with Gasteiger partial charge in [-0.15, -0.1) is 11.3 Å². The van der Waals surface area contributed by atoms with E-state index in [9.17, 15) is 14.4 Å². The molecule has 2 aromatic heterocycles. The summed E-state index contributed by atoms with van der Waals surface area (Å²) < 4.78 is 0.968. The van der Waals surface area contributed by atoms with E-state index < -0.39 is 23.2 Å². The number of nitrogens with zero attached hydrogens (tertiary/aromatic N) is 1. The molecule has 0 aromatic carbocycles. The third-order valence-corrected chi connectivity index (χ3v) is 5.03. The highest BCUT2D eigenvalue weighted by atomic mass is 32.1. The van der Waals surface area contributed by atoms with Gasteiger partial charge in [0.25, 0.3) is 5.56 Å². The number of primary amides is 1. The molecule has 1 aliphatic carbocycles. The summed E-state index contributed by atoms with van der Waals surface area (Å²) in [6, 6.07) is -0.896. The lowest BCUT2D eigenvalue weighted by Crippen LogP contribution is -2.42. The first-order valence-corrected chi connectivity index (χ1v) is 7.44. The van der Waals surface area contributed by atoms with Crippen LogP contribution in [0.4, 0.5) is 0 Å². The number of thiophene rings is 1. The number of carbonyl (C=O) groups excluding carboxylic acids is 1. The number of aromatic amines is 1. The van der Waals surface area contributed by atoms with Crippen LogP contribution in [0.3, 0.4) is 0 Å². The summed E-state index contributed by atoms with van der Waals surface area (Å²) in [5.41, 5.74) is 5.37. The SMILES string of the molecule is CCC(C(N)=O)n1c(=O)[nH]c2sc3c(c2c1=O)CCC3. The van der Waals surface area contributed by atoms with E-state index in [0.717, 1.165) is 34.3 Å². The van der Waals surface area contributed by atoms with Crippen LogP contribution in [-0.2, 0) is 17.6 Å². The molecule has 2 heterocycles. The third-order valence-electron chi connectivity index (χ3n) is 3.82. The predicted molar refractivity (Wildman–Crippen MR) is 77.3 cm³/mol. The summed E-state index contributed by atoms with van der Waals surface area (Å²) in [5, 5.41) is 0.557. The molecule has 20 heavy (non-hydrogen) atoms. The molecular formula is C13H15N3O3S. The first-order chi connectivity index (χ1) is 9.54. The van der Waals surface area contributed by atoms with E-state index in [-0.39, 0.29) is 0 Å². The summed E-state index contributed by atoms with van der Waals surface area (Å²) in [6.45, 7) is 1.73. The van der Waals surface area contributed by atoms with Crippen molar-refractivity contribution in [3.63, 3.8) is 0 Å². The van der Waals surface area contributed by atoms with Crippen molar-refractivity contribution < 1.29 is 4.79 Å². The van der Waals surface area contributed by atoms with Gasteiger partial charge in [0.2, 0.25) is 5.91 Å². The Balaban J connectivity index is 2.36. The minimum absolute atomic E-state index is 0.316. The van der Waals surface area contributed by atoms with Crippen LogP contribution in [0.25, 0.3) is 10.2 Å². The maximum absolute atomic E-state index is 12.6. The molecule has 0 aliphatic heterocycles. The quantitative estimate of drug-likeness (QED) is 0.870. The largest absolute Gasteiger partial charge is 0.368 e. The highest BCUT2D eigenvalue weighted by Gasteiger charge is 2.25. The first-order valence-electron chi connectivity index (χ1n) is 6.63. The van der Waals surface area contributed by atoms with E-state index in [1.54, 1.807) is 6.92 Å². The molecule has 0 bridgehead atoms. The van der Waals surface area contributed by atoms with E-state index in [1.807, 2.05) is 0 Å². The van der Waals surface area contributed by atoms with Crippen LogP contribution in [0.1, 0.15) is 36.2 Å². The van der Waals surface area contributed by atoms with E-state index in [0.29, 0.717) is 16.6 Å². The Morgan fingerprint density at radius 1 is 1.45 bits per heavy atom. The smallest absolute Gasteiger partial charge is 0.330 e. The average molecular weight is 293 g/mol. The molecule has 3 rings (SSSR count). The second kappa shape index (κ2) is 4.59. The lowest BCUT2D eigenvalue weighted by atomic mass is 10.1. The standard InChI is InChI=1S/C13H15N3O3S/c1-2-7(10(14)17)16-12(18)9-6-4-3-5-8(6)20-11(9)15-13(16)19/h7H,2-5H2,1H3,(H2,14,17)(H,15,19). The average Bonchev–Trinajstić information content (AvgIpc) is 2.93. The maximum Gasteiger partial charge on any atom is 0.330 e. The van der Waals surface area contributed by atoms with Crippen molar-refractivity contribution in [3.05, 3.63) is 31.3 Å². The summed E-state index contributed by atoms with van der Waals surface area (Å²) >= 11 is 1.47. The van der Waals surface area contributed by atoms with Gasteiger partial charge in [0.15, 0.2) is 0 Å². The monoisotopic (exact) mass is 293 g/mol. The predicted octanol–water partition coefficient (Wildman–Crippen LogP) is 0.676. The zero-order valence-corrected chi connectivity index (χ0v) is 11.9. The van der Waals surface area contributed by atoms with Gasteiger partial charge in [-0.2, -0.15) is 0 Å². The van der Waals surface area contributed by atoms with E-state index in [2.05, 4.69) is 4.98 Å². The number of aryl methyl sites for hydroxylation is 2. The molecule has 0 radical (unpaired) electrons. The van der Waals surface area contributed by atoms with Crippen LogP contribution in [0.5, 0.6) is 0 Å². The minimum Gasteiger partial charge on any atom is -0.368 e. The number of H-pyrrole nitrogens is 1. The minimum atomic E-state index is -0.896. The van der Waals surface area contributed by atoms with Crippen LogP contribution in [-0.4, -0.2) is 15.5 Å². The van der Waals surface area contributed by atoms with Gasteiger partial charge in [0, 0.05) is 4.88 Å². The normalized spacial score (nSPS) is 15.4. The third kappa shape index (κ3) is 1.73. The molecule has 3 N–H and O–H groups in total. The molecule has 0 saturated heterocycles. The molecule has 1 aliphatic rings. The Morgan fingerprint density at radius 3 is 2.85 bits per heavy atom. The van der Waals surface area contributed by atoms with Crippen LogP contribution in [0.15, 0.2) is 9.59 Å². The Labute approximate surface area is 118 Å². The number of aromatic nitrogens is 2. The Morgan fingerprint density at radius 2 is 2.20 bits per heavy atom. The van der Waals surface area contributed by atoms with Gasteiger partial charge in [-0.25, -0.2) is 9.36 Å². The number of rotatable bonds is 3. The molecule has 0 spiro atoms. The molecule has 2 aromatic rings. The number of nitrogens with one attached hydrogen (secondary N) is 1. The Hall–Kier alpha value is -1.89. The summed E-state index contributed by atoms with van der Waals surface area (Å²) in [7, 11) is 0. The van der Waals surface area contributed by atoms with E-state index in [4.69, 9.17) is 5.73 Å². The lowest BCUT2D eigenvalue weighted by molar-refractivity contribution is -0.121. The molecular weight excluding hydrogens is 278 g/mol. The van der Waals surface area contributed by atoms with Crippen LogP contribution >= 0.6 is 11.3 Å². The molecule has 1 atom stereocenters. The van der Waals surface area contributed by atoms with Crippen molar-refractivity contribution in [2.24, 2.45) is 5.73 Å². The highest BCUT2D eigenvalue weighted by molar-refractivity contribution is 7.18.